The largest absolute Gasteiger partial charge is 0.489 e. The maximum atomic E-state index is 14.0. The third kappa shape index (κ3) is 5.35. The van der Waals surface area contributed by atoms with Crippen molar-refractivity contribution in [2.75, 3.05) is 13.2 Å². The van der Waals surface area contributed by atoms with Gasteiger partial charge < -0.3 is 19.4 Å². The number of oxazole rings is 1. The second kappa shape index (κ2) is 11.3. The van der Waals surface area contributed by atoms with Crippen molar-refractivity contribution in [1.29, 1.82) is 0 Å². The van der Waals surface area contributed by atoms with Gasteiger partial charge in [-0.3, -0.25) is 9.59 Å². The molecule has 1 fully saturated rings. The van der Waals surface area contributed by atoms with Crippen LogP contribution in [0, 0.1) is 6.92 Å². The Morgan fingerprint density at radius 2 is 1.84 bits per heavy atom. The Balaban J connectivity index is 1.10. The number of benzene rings is 3. The highest BCUT2D eigenvalue weighted by Crippen LogP contribution is 2.32. The zero-order valence-electron chi connectivity index (χ0n) is 23.3. The van der Waals surface area contributed by atoms with E-state index in [0.29, 0.717) is 40.5 Å². The molecule has 2 amide bonds. The van der Waals surface area contributed by atoms with Crippen LogP contribution in [0.1, 0.15) is 39.8 Å². The fraction of sp³-hybridized carbons (Fsp3) is 0.219. The summed E-state index contributed by atoms with van der Waals surface area (Å²) in [4.78, 5) is 39.0. The molecule has 1 aliphatic rings. The third-order valence-electron chi connectivity index (χ3n) is 7.53. The molecule has 4 heterocycles. The Kier molecular flexibility index (Phi) is 7.07. The Morgan fingerprint density at radius 3 is 2.63 bits per heavy atom. The topological polar surface area (TPSA) is 115 Å². The Labute approximate surface area is 250 Å². The highest BCUT2D eigenvalue weighted by Gasteiger charge is 2.35. The van der Waals surface area contributed by atoms with Gasteiger partial charge in [-0.2, -0.15) is 5.10 Å². The molecule has 11 heteroatoms. The van der Waals surface area contributed by atoms with Crippen molar-refractivity contribution in [3.05, 3.63) is 101 Å². The first-order chi connectivity index (χ1) is 21.0. The number of hydrogen-bond donors (Lipinski definition) is 1. The van der Waals surface area contributed by atoms with E-state index in [4.69, 9.17) is 14.1 Å². The second-order valence-electron chi connectivity index (χ2n) is 10.4. The number of likely N-dealkylation sites (tertiary alicyclic amines) is 1. The van der Waals surface area contributed by atoms with Crippen LogP contribution >= 0.6 is 11.3 Å². The molecule has 7 rings (SSSR count). The number of aryl methyl sites for hydroxylation is 1. The summed E-state index contributed by atoms with van der Waals surface area (Å²) in [5.74, 6) is 0.497. The fourth-order valence-electron chi connectivity index (χ4n) is 5.44. The van der Waals surface area contributed by atoms with E-state index < -0.39 is 6.04 Å². The zero-order valence-corrected chi connectivity index (χ0v) is 24.2. The minimum absolute atomic E-state index is 0.160. The lowest BCUT2D eigenvalue weighted by Crippen LogP contribution is -2.46. The van der Waals surface area contributed by atoms with E-state index in [-0.39, 0.29) is 24.5 Å². The van der Waals surface area contributed by atoms with Gasteiger partial charge in [0.2, 0.25) is 16.8 Å². The molecule has 2 atom stereocenters. The molecule has 1 saturated heterocycles. The van der Waals surface area contributed by atoms with Crippen LogP contribution in [0.25, 0.3) is 27.6 Å². The van der Waals surface area contributed by atoms with Crippen molar-refractivity contribution in [1.82, 2.24) is 29.8 Å². The molecule has 0 aliphatic carbocycles. The number of para-hydroxylation sites is 1. The van der Waals surface area contributed by atoms with Crippen molar-refractivity contribution < 1.29 is 18.7 Å². The highest BCUT2D eigenvalue weighted by molar-refractivity contribution is 7.16. The van der Waals surface area contributed by atoms with Gasteiger partial charge in [0.05, 0.1) is 12.2 Å². The van der Waals surface area contributed by atoms with E-state index in [0.717, 1.165) is 28.4 Å². The van der Waals surface area contributed by atoms with Crippen molar-refractivity contribution in [2.24, 2.45) is 0 Å². The summed E-state index contributed by atoms with van der Waals surface area (Å²) in [5.41, 5.74) is 3.00. The van der Waals surface area contributed by atoms with Crippen LogP contribution in [-0.2, 0) is 4.79 Å². The van der Waals surface area contributed by atoms with Crippen molar-refractivity contribution in [2.45, 2.75) is 31.8 Å². The van der Waals surface area contributed by atoms with Crippen molar-refractivity contribution in [3.63, 3.8) is 0 Å². The molecule has 0 radical (unpaired) electrons. The first-order valence-electron chi connectivity index (χ1n) is 14.1. The molecule has 10 nitrogen and oxygen atoms in total. The maximum absolute atomic E-state index is 14.0. The van der Waals surface area contributed by atoms with Crippen LogP contribution in [0.3, 0.4) is 0 Å². The molecule has 1 N–H and O–H groups in total. The molecule has 3 aromatic heterocycles. The lowest BCUT2D eigenvalue weighted by Gasteiger charge is -2.29. The van der Waals surface area contributed by atoms with Crippen LogP contribution in [0.5, 0.6) is 5.75 Å². The van der Waals surface area contributed by atoms with Gasteiger partial charge in [0.25, 0.3) is 5.91 Å². The average molecular weight is 593 g/mol. The molecule has 216 valence electrons. The number of ether oxygens (including phenoxy) is 1. The van der Waals surface area contributed by atoms with Crippen molar-refractivity contribution >= 4 is 39.2 Å². The molecule has 43 heavy (non-hydrogen) atoms. The molecule has 0 unspecified atom stereocenters. The number of carbonyl (C=O) groups is 2. The van der Waals surface area contributed by atoms with E-state index in [1.807, 2.05) is 66.4 Å². The number of rotatable bonds is 8. The zero-order chi connectivity index (χ0) is 29.3. The van der Waals surface area contributed by atoms with Gasteiger partial charge in [0.1, 0.15) is 29.1 Å². The third-order valence-corrected chi connectivity index (χ3v) is 8.37. The molecule has 0 saturated carbocycles. The minimum atomic E-state index is -0.820. The Hall–Kier alpha value is -5.03. The first kappa shape index (κ1) is 26.8. The lowest BCUT2D eigenvalue weighted by atomic mass is 10.0. The quantitative estimate of drug-likeness (QED) is 0.250. The summed E-state index contributed by atoms with van der Waals surface area (Å²) in [6, 6.07) is 22.8. The Bertz CT molecular complexity index is 1880. The van der Waals surface area contributed by atoms with Crippen LogP contribution in [0.15, 0.2) is 89.5 Å². The maximum Gasteiger partial charge on any atom is 0.252 e. The first-order valence-corrected chi connectivity index (χ1v) is 14.9. The molecule has 6 aromatic rings. The van der Waals surface area contributed by atoms with E-state index >= 15 is 0 Å². The van der Waals surface area contributed by atoms with Gasteiger partial charge in [-0.25, -0.2) is 14.5 Å². The molecule has 0 bridgehead atoms. The number of aromatic nitrogens is 4. The summed E-state index contributed by atoms with van der Waals surface area (Å²) in [6.45, 7) is 2.80. The second-order valence-corrected chi connectivity index (χ2v) is 11.6. The lowest BCUT2D eigenvalue weighted by molar-refractivity contribution is -0.134. The number of carbonyl (C=O) groups excluding carboxylic acids is 2. The molecule has 0 spiro atoms. The summed E-state index contributed by atoms with van der Waals surface area (Å²) in [7, 11) is 0. The minimum Gasteiger partial charge on any atom is -0.489 e. The number of amides is 2. The molecule has 1 aliphatic heterocycles. The van der Waals surface area contributed by atoms with Gasteiger partial charge in [-0.15, -0.1) is 0 Å². The fourth-order valence-corrected chi connectivity index (χ4v) is 6.16. The van der Waals surface area contributed by atoms with Crippen LogP contribution in [0.2, 0.25) is 0 Å². The number of nitrogens with one attached hydrogen (secondary N) is 1. The smallest absolute Gasteiger partial charge is 0.252 e. The van der Waals surface area contributed by atoms with Gasteiger partial charge >= 0.3 is 0 Å². The van der Waals surface area contributed by atoms with Crippen LogP contribution in [0.4, 0.5) is 0 Å². The van der Waals surface area contributed by atoms with Gasteiger partial charge in [0.15, 0.2) is 11.1 Å². The SMILES string of the molecule is Cc1nn2cc(-c3nc4c(OC[C@H]5CCCN5C(=O)[C@H](NC(=O)c5ccccc5)c5ccccc5)cccc4o3)nc2s1. The van der Waals surface area contributed by atoms with Gasteiger partial charge in [-0.1, -0.05) is 65.9 Å². The van der Waals surface area contributed by atoms with E-state index in [9.17, 15) is 9.59 Å². The van der Waals surface area contributed by atoms with Crippen LogP contribution < -0.4 is 10.1 Å². The summed E-state index contributed by atoms with van der Waals surface area (Å²) < 4.78 is 14.0. The number of imidazole rings is 1. The van der Waals surface area contributed by atoms with Gasteiger partial charge in [0, 0.05) is 12.1 Å². The van der Waals surface area contributed by atoms with E-state index in [2.05, 4.69) is 15.4 Å². The molecule has 3 aromatic carbocycles. The summed E-state index contributed by atoms with van der Waals surface area (Å²) in [5, 5.41) is 8.31. The predicted octanol–water partition coefficient (Wildman–Crippen LogP) is 5.45. The average Bonchev–Trinajstić information content (AvgIpc) is 3.82. The number of hydrogen-bond acceptors (Lipinski definition) is 8. The van der Waals surface area contributed by atoms with E-state index in [1.54, 1.807) is 35.0 Å². The summed E-state index contributed by atoms with van der Waals surface area (Å²) in [6.07, 6.45) is 3.43. The highest BCUT2D eigenvalue weighted by atomic mass is 32.1. The normalized spacial score (nSPS) is 15.7. The predicted molar refractivity (Wildman–Crippen MR) is 162 cm³/mol. The summed E-state index contributed by atoms with van der Waals surface area (Å²) >= 11 is 1.50. The standard InChI is InChI=1S/C32H28N6O4S/c1-20-36-38-18-24(33-32(38)43-20)30-35-28-25(15-8-16-26(28)42-30)41-19-23-14-9-17-37(23)31(40)27(21-10-4-2-5-11-21)34-29(39)22-12-6-3-7-13-22/h2-8,10-13,15-16,18,23,27H,9,14,17,19H2,1H3,(H,34,39)/t23-,27-/m1/s1. The molecular weight excluding hydrogens is 564 g/mol. The Morgan fingerprint density at radius 1 is 1.05 bits per heavy atom. The van der Waals surface area contributed by atoms with Gasteiger partial charge in [-0.05, 0) is 49.6 Å². The van der Waals surface area contributed by atoms with Crippen molar-refractivity contribution in [3.8, 4) is 17.3 Å². The number of fused-ring (bicyclic) bond motifs is 2. The number of nitrogens with zero attached hydrogens (tertiary/aromatic N) is 5. The molecular formula is C32H28N6O4S. The van der Waals surface area contributed by atoms with Crippen LogP contribution in [-0.4, -0.2) is 55.5 Å². The monoisotopic (exact) mass is 592 g/mol. The van der Waals surface area contributed by atoms with E-state index in [1.165, 1.54) is 11.3 Å².